The highest BCUT2D eigenvalue weighted by Crippen LogP contribution is 2.48. The number of fused-ring (bicyclic) bond motifs is 4. The van der Waals surface area contributed by atoms with E-state index in [-0.39, 0.29) is 6.04 Å². The molecule has 3 heterocycles. The minimum absolute atomic E-state index is 0.192. The van der Waals surface area contributed by atoms with E-state index in [0.717, 1.165) is 45.4 Å². The van der Waals surface area contributed by atoms with Crippen molar-refractivity contribution in [2.24, 2.45) is 9.98 Å². The van der Waals surface area contributed by atoms with E-state index >= 15 is 0 Å². The van der Waals surface area contributed by atoms with Gasteiger partial charge in [-0.2, -0.15) is 5.10 Å². The number of hydrogen-bond donors (Lipinski definition) is 1. The van der Waals surface area contributed by atoms with Gasteiger partial charge in [-0.3, -0.25) is 0 Å². The number of benzene rings is 4. The van der Waals surface area contributed by atoms with E-state index in [1.165, 1.54) is 5.56 Å². The predicted molar refractivity (Wildman–Crippen MR) is 174 cm³/mol. The molecule has 2 aliphatic rings. The molecule has 0 bridgehead atoms. The third kappa shape index (κ3) is 4.57. The number of aryl methyl sites for hydroxylation is 1. The van der Waals surface area contributed by atoms with Gasteiger partial charge in [0.25, 0.3) is 0 Å². The van der Waals surface area contributed by atoms with Gasteiger partial charge in [-0.15, -0.1) is 0 Å². The van der Waals surface area contributed by atoms with Gasteiger partial charge in [-0.25, -0.2) is 14.7 Å². The van der Waals surface area contributed by atoms with Crippen LogP contribution in [0.3, 0.4) is 0 Å². The lowest BCUT2D eigenvalue weighted by Gasteiger charge is -2.40. The number of aromatic nitrogens is 2. The molecule has 0 saturated heterocycles. The summed E-state index contributed by atoms with van der Waals surface area (Å²) < 4.78 is 1.93. The molecule has 1 N–H and O–H groups in total. The number of halogens is 2. The maximum atomic E-state index is 6.37. The first-order valence-corrected chi connectivity index (χ1v) is 14.7. The van der Waals surface area contributed by atoms with Crippen LogP contribution >= 0.6 is 23.2 Å². The van der Waals surface area contributed by atoms with Crippen LogP contribution < -0.4 is 10.2 Å². The zero-order valence-electron chi connectivity index (χ0n) is 23.4. The normalized spacial score (nSPS) is 15.5. The molecule has 0 fully saturated rings. The van der Waals surface area contributed by atoms with Crippen LogP contribution in [0.1, 0.15) is 48.2 Å². The molecular formula is C34H28Cl2N6. The summed E-state index contributed by atoms with van der Waals surface area (Å²) in [7, 11) is 0. The molecule has 208 valence electrons. The Labute approximate surface area is 255 Å². The zero-order chi connectivity index (χ0) is 29.0. The van der Waals surface area contributed by atoms with Gasteiger partial charge < -0.3 is 10.2 Å². The van der Waals surface area contributed by atoms with E-state index in [9.17, 15) is 0 Å². The van der Waals surface area contributed by atoms with Crippen molar-refractivity contribution in [3.05, 3.63) is 129 Å². The van der Waals surface area contributed by atoms with Gasteiger partial charge in [0.2, 0.25) is 0 Å². The van der Waals surface area contributed by atoms with Gasteiger partial charge >= 0.3 is 0 Å². The molecule has 1 unspecified atom stereocenters. The van der Waals surface area contributed by atoms with E-state index in [1.807, 2.05) is 65.3 Å². The quantitative estimate of drug-likeness (QED) is 0.227. The fourth-order valence-electron chi connectivity index (χ4n) is 5.69. The topological polar surface area (TPSA) is 57.8 Å². The van der Waals surface area contributed by atoms with Crippen molar-refractivity contribution in [2.45, 2.75) is 32.7 Å². The van der Waals surface area contributed by atoms with Crippen molar-refractivity contribution >= 4 is 57.8 Å². The summed E-state index contributed by atoms with van der Waals surface area (Å²) >= 11 is 12.7. The van der Waals surface area contributed by atoms with E-state index in [0.29, 0.717) is 27.6 Å². The summed E-state index contributed by atoms with van der Waals surface area (Å²) in [5, 5.41) is 9.56. The number of aliphatic imine (C=N–C) groups is 2. The fraction of sp³-hybridized carbons (Fsp3) is 0.147. The highest BCUT2D eigenvalue weighted by Gasteiger charge is 2.41. The number of amidine groups is 2. The molecule has 0 amide bonds. The molecule has 6 nitrogen and oxygen atoms in total. The largest absolute Gasteiger partial charge is 0.337 e. The first-order valence-electron chi connectivity index (χ1n) is 13.9. The van der Waals surface area contributed by atoms with Gasteiger partial charge in [0.05, 0.1) is 28.8 Å². The molecule has 8 heteroatoms. The molecule has 0 radical (unpaired) electrons. The molecule has 5 aromatic rings. The first-order chi connectivity index (χ1) is 20.4. The van der Waals surface area contributed by atoms with Crippen LogP contribution in [-0.4, -0.2) is 21.5 Å². The van der Waals surface area contributed by atoms with Crippen LogP contribution in [0.4, 0.5) is 22.9 Å². The summed E-state index contributed by atoms with van der Waals surface area (Å²) in [4.78, 5) is 12.6. The average molecular weight is 592 g/mol. The lowest BCUT2D eigenvalue weighted by Crippen LogP contribution is -2.46. The average Bonchev–Trinajstić information content (AvgIpc) is 3.32. The van der Waals surface area contributed by atoms with Crippen molar-refractivity contribution < 1.29 is 0 Å². The molecule has 42 heavy (non-hydrogen) atoms. The van der Waals surface area contributed by atoms with E-state index in [1.54, 1.807) is 6.07 Å². The van der Waals surface area contributed by atoms with Crippen LogP contribution in [-0.2, 0) is 0 Å². The first kappa shape index (κ1) is 26.5. The molecule has 1 aromatic heterocycles. The van der Waals surface area contributed by atoms with Gasteiger partial charge in [0.15, 0.2) is 17.5 Å². The zero-order valence-corrected chi connectivity index (χ0v) is 24.9. The summed E-state index contributed by atoms with van der Waals surface area (Å²) in [6.45, 7) is 6.49. The second kappa shape index (κ2) is 10.5. The van der Waals surface area contributed by atoms with Crippen molar-refractivity contribution in [3.8, 4) is 5.69 Å². The third-order valence-corrected chi connectivity index (χ3v) is 8.12. The number of hydrogen-bond acceptors (Lipinski definition) is 5. The molecule has 1 atom stereocenters. The SMILES string of the molecule is Cc1nn(-c2ccccc2)c2c1C(c1ccc(C(C)C)cc1)N1C(=N2)C(Nc2cc(Cl)cc(Cl)c2)=Nc2ccccc21. The summed E-state index contributed by atoms with van der Waals surface area (Å²) in [5.41, 5.74) is 7.90. The van der Waals surface area contributed by atoms with Crippen molar-refractivity contribution in [2.75, 3.05) is 10.2 Å². The van der Waals surface area contributed by atoms with Crippen LogP contribution in [0, 0.1) is 6.92 Å². The van der Waals surface area contributed by atoms with Crippen LogP contribution in [0.2, 0.25) is 10.0 Å². The standard InChI is InChI=1S/C34H28Cl2N6/c1-20(2)22-13-15-23(16-14-22)31-30-21(3)40-42(27-9-5-4-6-10-27)33(30)39-34-32(37-26-18-24(35)17-25(36)19-26)38-28-11-7-8-12-29(28)41(31)34/h4-20,31H,1-3H3,(H,37,38). The Morgan fingerprint density at radius 1 is 0.810 bits per heavy atom. The lowest BCUT2D eigenvalue weighted by molar-refractivity contribution is 0.810. The summed E-state index contributed by atoms with van der Waals surface area (Å²) in [6.07, 6.45) is 0. The summed E-state index contributed by atoms with van der Waals surface area (Å²) in [5.74, 6) is 2.50. The predicted octanol–water partition coefficient (Wildman–Crippen LogP) is 9.41. The highest BCUT2D eigenvalue weighted by molar-refractivity contribution is 6.52. The second-order valence-electron chi connectivity index (χ2n) is 10.8. The fourth-order valence-corrected chi connectivity index (χ4v) is 6.21. The third-order valence-electron chi connectivity index (χ3n) is 7.68. The monoisotopic (exact) mass is 590 g/mol. The number of rotatable bonds is 4. The minimum atomic E-state index is -0.192. The molecule has 0 aliphatic carbocycles. The molecule has 0 saturated carbocycles. The number of nitrogens with zero attached hydrogens (tertiary/aromatic N) is 5. The van der Waals surface area contributed by atoms with E-state index < -0.39 is 0 Å². The van der Waals surface area contributed by atoms with Crippen LogP contribution in [0.15, 0.2) is 107 Å². The Hall–Kier alpha value is -4.39. The molecule has 7 rings (SSSR count). The smallest absolute Gasteiger partial charge is 0.179 e. The number of anilines is 2. The molecular weight excluding hydrogens is 563 g/mol. The maximum Gasteiger partial charge on any atom is 0.179 e. The van der Waals surface area contributed by atoms with Gasteiger partial charge in [-0.05, 0) is 66.4 Å². The van der Waals surface area contributed by atoms with Crippen LogP contribution in [0.25, 0.3) is 5.69 Å². The van der Waals surface area contributed by atoms with Crippen molar-refractivity contribution in [1.29, 1.82) is 0 Å². The Balaban J connectivity index is 1.48. The molecule has 0 spiro atoms. The Kier molecular flexibility index (Phi) is 6.60. The van der Waals surface area contributed by atoms with Gasteiger partial charge in [-0.1, -0.05) is 91.6 Å². The Morgan fingerprint density at radius 3 is 2.21 bits per heavy atom. The van der Waals surface area contributed by atoms with Crippen molar-refractivity contribution in [3.63, 3.8) is 0 Å². The molecule has 2 aliphatic heterocycles. The summed E-state index contributed by atoms with van der Waals surface area (Å²) in [6, 6.07) is 32.3. The second-order valence-corrected chi connectivity index (χ2v) is 11.7. The highest BCUT2D eigenvalue weighted by atomic mass is 35.5. The van der Waals surface area contributed by atoms with Gasteiger partial charge in [0.1, 0.15) is 0 Å². The van der Waals surface area contributed by atoms with E-state index in [2.05, 4.69) is 61.3 Å². The van der Waals surface area contributed by atoms with Crippen LogP contribution in [0.5, 0.6) is 0 Å². The Morgan fingerprint density at radius 2 is 1.50 bits per heavy atom. The van der Waals surface area contributed by atoms with Gasteiger partial charge in [0, 0.05) is 21.3 Å². The Bertz CT molecular complexity index is 1850. The number of nitrogens with one attached hydrogen (secondary N) is 1. The minimum Gasteiger partial charge on any atom is -0.337 e. The number of para-hydroxylation sites is 3. The molecule has 4 aromatic carbocycles. The van der Waals surface area contributed by atoms with E-state index in [4.69, 9.17) is 38.3 Å². The maximum absolute atomic E-state index is 6.37. The lowest BCUT2D eigenvalue weighted by atomic mass is 9.91. The van der Waals surface area contributed by atoms with Crippen molar-refractivity contribution in [1.82, 2.24) is 9.78 Å².